The van der Waals surface area contributed by atoms with Crippen LogP contribution < -0.4 is 21.9 Å². The molecule has 1 fully saturated rings. The number of aryl methyl sites for hydroxylation is 1. The van der Waals surface area contributed by atoms with Gasteiger partial charge >= 0.3 is 0 Å². The molecule has 2 heterocycles. The van der Waals surface area contributed by atoms with Gasteiger partial charge in [-0.2, -0.15) is 0 Å². The van der Waals surface area contributed by atoms with Crippen molar-refractivity contribution in [1.29, 1.82) is 0 Å². The number of fused-ring (bicyclic) bond motifs is 1. The Labute approximate surface area is 186 Å². The third kappa shape index (κ3) is 5.59. The molecule has 3 rings (SSSR count). The Morgan fingerprint density at radius 3 is 2.59 bits per heavy atom. The normalized spacial score (nSPS) is 16.2. The number of carbonyl (C=O) groups is 3. The molecule has 1 saturated heterocycles. The van der Waals surface area contributed by atoms with E-state index in [9.17, 15) is 19.2 Å². The van der Waals surface area contributed by atoms with Crippen molar-refractivity contribution in [1.82, 2.24) is 14.9 Å². The highest BCUT2D eigenvalue weighted by atomic mass is 16.2. The summed E-state index contributed by atoms with van der Waals surface area (Å²) in [6, 6.07) is 4.25. The number of piperidine rings is 1. The second-order valence-electron chi connectivity index (χ2n) is 8.21. The van der Waals surface area contributed by atoms with Gasteiger partial charge in [-0.25, -0.2) is 4.98 Å². The molecular weight excluding hydrogens is 410 g/mol. The summed E-state index contributed by atoms with van der Waals surface area (Å²) in [5.74, 6) is -0.601. The Morgan fingerprint density at radius 2 is 1.88 bits per heavy atom. The Hall–Kier alpha value is -3.07. The van der Waals surface area contributed by atoms with E-state index in [1.165, 1.54) is 4.57 Å². The monoisotopic (exact) mass is 441 g/mol. The summed E-state index contributed by atoms with van der Waals surface area (Å²) >= 11 is 0. The maximum Gasteiger partial charge on any atom is 0.262 e. The molecule has 1 aromatic carbocycles. The second kappa shape index (κ2) is 11.0. The highest BCUT2D eigenvalue weighted by Gasteiger charge is 2.30. The van der Waals surface area contributed by atoms with Gasteiger partial charge in [0.1, 0.15) is 17.4 Å². The van der Waals surface area contributed by atoms with Crippen LogP contribution in [0.25, 0.3) is 10.9 Å². The van der Waals surface area contributed by atoms with Crippen LogP contribution in [0, 0.1) is 6.92 Å². The molecule has 2 aromatic rings. The number of para-hydroxylation sites is 1. The molecule has 9 heteroatoms. The molecule has 0 spiro atoms. The van der Waals surface area contributed by atoms with Gasteiger partial charge < -0.3 is 11.1 Å². The molecular formula is C23H31N5O4. The minimum atomic E-state index is -0.778. The zero-order chi connectivity index (χ0) is 23.1. The van der Waals surface area contributed by atoms with Crippen LogP contribution in [0.3, 0.4) is 0 Å². The highest BCUT2D eigenvalue weighted by molar-refractivity contribution is 6.01. The first kappa shape index (κ1) is 23.6. The van der Waals surface area contributed by atoms with E-state index in [2.05, 4.69) is 15.6 Å². The van der Waals surface area contributed by atoms with Gasteiger partial charge in [-0.3, -0.25) is 29.1 Å². The first-order valence-electron chi connectivity index (χ1n) is 11.3. The first-order valence-corrected chi connectivity index (χ1v) is 11.3. The average Bonchev–Trinajstić information content (AvgIpc) is 2.75. The summed E-state index contributed by atoms with van der Waals surface area (Å²) in [6.07, 6.45) is 6.99. The summed E-state index contributed by atoms with van der Waals surface area (Å²) < 4.78 is 1.33. The molecule has 0 saturated carbocycles. The number of amides is 3. The molecule has 0 radical (unpaired) electrons. The van der Waals surface area contributed by atoms with Gasteiger partial charge in [0.25, 0.3) is 5.56 Å². The number of unbranched alkanes of at least 4 members (excludes halogenated alkanes) is 5. The number of imide groups is 1. The smallest absolute Gasteiger partial charge is 0.262 e. The second-order valence-corrected chi connectivity index (χ2v) is 8.21. The van der Waals surface area contributed by atoms with E-state index in [1.54, 1.807) is 25.1 Å². The molecule has 1 aliphatic rings. The van der Waals surface area contributed by atoms with Crippen molar-refractivity contribution in [2.24, 2.45) is 5.73 Å². The lowest BCUT2D eigenvalue weighted by atomic mass is 10.1. The van der Waals surface area contributed by atoms with Crippen LogP contribution in [-0.4, -0.2) is 33.8 Å². The topological polar surface area (TPSA) is 136 Å². The third-order valence-electron chi connectivity index (χ3n) is 5.76. The van der Waals surface area contributed by atoms with Crippen LogP contribution in [-0.2, 0) is 14.4 Å². The van der Waals surface area contributed by atoms with Gasteiger partial charge in [0.15, 0.2) is 0 Å². The van der Waals surface area contributed by atoms with Crippen molar-refractivity contribution >= 4 is 34.3 Å². The quantitative estimate of drug-likeness (QED) is 0.382. The Kier molecular flexibility index (Phi) is 8.10. The van der Waals surface area contributed by atoms with Gasteiger partial charge in [-0.05, 0) is 44.9 Å². The van der Waals surface area contributed by atoms with Crippen LogP contribution in [0.2, 0.25) is 0 Å². The lowest BCUT2D eigenvalue weighted by Gasteiger charge is -2.24. The number of carbonyl (C=O) groups excluding carboxylic acids is 3. The first-order chi connectivity index (χ1) is 15.4. The Balaban J connectivity index is 1.72. The van der Waals surface area contributed by atoms with E-state index in [4.69, 9.17) is 5.73 Å². The van der Waals surface area contributed by atoms with Crippen LogP contribution in [0.1, 0.15) is 69.7 Å². The molecule has 9 nitrogen and oxygen atoms in total. The lowest BCUT2D eigenvalue weighted by molar-refractivity contribution is -0.135. The molecule has 1 unspecified atom stereocenters. The fourth-order valence-electron chi connectivity index (χ4n) is 4.08. The molecule has 172 valence electrons. The molecule has 1 aromatic heterocycles. The number of hydrogen-bond donors (Lipinski definition) is 3. The van der Waals surface area contributed by atoms with E-state index in [1.807, 2.05) is 0 Å². The lowest BCUT2D eigenvalue weighted by Crippen LogP contribution is -2.45. The minimum Gasteiger partial charge on any atom is -0.330 e. The number of aromatic nitrogens is 2. The predicted octanol–water partition coefficient (Wildman–Crippen LogP) is 2.31. The van der Waals surface area contributed by atoms with Gasteiger partial charge in [-0.15, -0.1) is 0 Å². The van der Waals surface area contributed by atoms with Gasteiger partial charge in [0, 0.05) is 12.8 Å². The number of hydrogen-bond acceptors (Lipinski definition) is 6. The van der Waals surface area contributed by atoms with E-state index in [0.717, 1.165) is 45.1 Å². The number of rotatable bonds is 10. The summed E-state index contributed by atoms with van der Waals surface area (Å²) in [5, 5.41) is 5.47. The van der Waals surface area contributed by atoms with Crippen molar-refractivity contribution in [2.75, 3.05) is 11.9 Å². The number of benzene rings is 1. The van der Waals surface area contributed by atoms with Crippen LogP contribution in [0.4, 0.5) is 5.69 Å². The van der Waals surface area contributed by atoms with Crippen LogP contribution in [0.5, 0.6) is 0 Å². The van der Waals surface area contributed by atoms with Crippen molar-refractivity contribution in [3.8, 4) is 0 Å². The van der Waals surface area contributed by atoms with Gasteiger partial charge in [-0.1, -0.05) is 31.7 Å². The highest BCUT2D eigenvalue weighted by Crippen LogP contribution is 2.23. The summed E-state index contributed by atoms with van der Waals surface area (Å²) in [6.45, 7) is 2.37. The van der Waals surface area contributed by atoms with Gasteiger partial charge in [0.2, 0.25) is 17.7 Å². The van der Waals surface area contributed by atoms with Crippen molar-refractivity contribution in [3.63, 3.8) is 0 Å². The van der Waals surface area contributed by atoms with E-state index in [-0.39, 0.29) is 30.2 Å². The van der Waals surface area contributed by atoms with Crippen molar-refractivity contribution < 1.29 is 14.4 Å². The number of nitrogens with two attached hydrogens (primary N) is 1. The van der Waals surface area contributed by atoms with Crippen molar-refractivity contribution in [3.05, 3.63) is 34.4 Å². The maximum atomic E-state index is 13.2. The van der Waals surface area contributed by atoms with E-state index >= 15 is 0 Å². The zero-order valence-corrected chi connectivity index (χ0v) is 18.5. The largest absolute Gasteiger partial charge is 0.330 e. The zero-order valence-electron chi connectivity index (χ0n) is 18.5. The molecule has 0 bridgehead atoms. The Morgan fingerprint density at radius 1 is 1.16 bits per heavy atom. The minimum absolute atomic E-state index is 0.117. The summed E-state index contributed by atoms with van der Waals surface area (Å²) in [7, 11) is 0. The van der Waals surface area contributed by atoms with Crippen LogP contribution in [0.15, 0.2) is 23.0 Å². The van der Waals surface area contributed by atoms with E-state index < -0.39 is 11.9 Å². The van der Waals surface area contributed by atoms with Crippen molar-refractivity contribution in [2.45, 2.75) is 70.8 Å². The SMILES string of the molecule is Cc1nc2c(NC(=O)CCCCCCCCN)cccc2c(=O)n1C1CCC(=O)NC1=O. The predicted molar refractivity (Wildman–Crippen MR) is 122 cm³/mol. The average molecular weight is 442 g/mol. The molecule has 4 N–H and O–H groups in total. The van der Waals surface area contributed by atoms with Gasteiger partial charge in [0.05, 0.1) is 11.1 Å². The molecule has 3 amide bonds. The number of anilines is 1. The molecule has 0 aliphatic carbocycles. The summed E-state index contributed by atoms with van der Waals surface area (Å²) in [5.41, 5.74) is 6.00. The fraction of sp³-hybridized carbons (Fsp3) is 0.522. The standard InChI is InChI=1S/C23H31N5O4/c1-15-25-21-16(23(32)28(15)18-12-13-20(30)27-22(18)31)9-8-10-17(21)26-19(29)11-6-4-2-3-5-7-14-24/h8-10,18H,2-7,11-14,24H2,1H3,(H,26,29)(H,27,30,31). The fourth-order valence-corrected chi connectivity index (χ4v) is 4.08. The summed E-state index contributed by atoms with van der Waals surface area (Å²) in [4.78, 5) is 53.9. The number of nitrogens with zero attached hydrogens (tertiary/aromatic N) is 2. The van der Waals surface area contributed by atoms with Crippen LogP contribution >= 0.6 is 0 Å². The maximum absolute atomic E-state index is 13.2. The number of nitrogens with one attached hydrogen (secondary N) is 2. The third-order valence-corrected chi connectivity index (χ3v) is 5.76. The van der Waals surface area contributed by atoms with E-state index in [0.29, 0.717) is 28.8 Å². The molecule has 32 heavy (non-hydrogen) atoms. The molecule has 1 atom stereocenters. The Bertz CT molecular complexity index is 1060. The molecule has 1 aliphatic heterocycles.